The van der Waals surface area contributed by atoms with Crippen LogP contribution in [0.1, 0.15) is 39.5 Å². The van der Waals surface area contributed by atoms with E-state index >= 15 is 0 Å². The minimum Gasteiger partial charge on any atom is -0.494 e. The SMILES string of the molecule is CC[C@H](CCOc1ccc2[nH]cc(NC(C)=O)c2c1)C[C@H]1CCN(CC(F)F)C1. The molecular weight excluding hydrogens is 376 g/mol. The van der Waals surface area contributed by atoms with Gasteiger partial charge in [-0.05, 0) is 55.8 Å². The number of carbonyl (C=O) groups excluding carboxylic acids is 1. The lowest BCUT2D eigenvalue weighted by atomic mass is 9.90. The summed E-state index contributed by atoms with van der Waals surface area (Å²) < 4.78 is 31.1. The maximum Gasteiger partial charge on any atom is 0.251 e. The molecule has 29 heavy (non-hydrogen) atoms. The van der Waals surface area contributed by atoms with Crippen LogP contribution in [0.2, 0.25) is 0 Å². The quantitative estimate of drug-likeness (QED) is 0.589. The molecule has 1 aromatic carbocycles. The van der Waals surface area contributed by atoms with Crippen molar-refractivity contribution >= 4 is 22.5 Å². The Morgan fingerprint density at radius 3 is 2.97 bits per heavy atom. The van der Waals surface area contributed by atoms with E-state index in [1.54, 1.807) is 6.20 Å². The lowest BCUT2D eigenvalue weighted by Gasteiger charge is -2.20. The first-order valence-electron chi connectivity index (χ1n) is 10.5. The van der Waals surface area contributed by atoms with Crippen LogP contribution in [0, 0.1) is 11.8 Å². The van der Waals surface area contributed by atoms with Gasteiger partial charge in [0.2, 0.25) is 5.91 Å². The topological polar surface area (TPSA) is 57.4 Å². The molecule has 1 aliphatic rings. The predicted molar refractivity (Wildman–Crippen MR) is 112 cm³/mol. The molecule has 0 bridgehead atoms. The van der Waals surface area contributed by atoms with Crippen LogP contribution in [0.25, 0.3) is 10.9 Å². The van der Waals surface area contributed by atoms with Gasteiger partial charge in [0, 0.05) is 30.6 Å². The number of rotatable bonds is 10. The molecule has 160 valence electrons. The lowest BCUT2D eigenvalue weighted by Crippen LogP contribution is -2.26. The molecule has 2 heterocycles. The Labute approximate surface area is 170 Å². The zero-order valence-electron chi connectivity index (χ0n) is 17.2. The molecule has 0 unspecified atom stereocenters. The van der Waals surface area contributed by atoms with Gasteiger partial charge in [0.25, 0.3) is 6.43 Å². The van der Waals surface area contributed by atoms with Crippen molar-refractivity contribution in [1.29, 1.82) is 0 Å². The van der Waals surface area contributed by atoms with Gasteiger partial charge in [-0.15, -0.1) is 0 Å². The van der Waals surface area contributed by atoms with Gasteiger partial charge in [-0.2, -0.15) is 0 Å². The Kier molecular flexibility index (Phi) is 7.47. The standard InChI is InChI=1S/C22H31F2N3O2/c1-3-16(10-17-6-8-27(13-17)14-22(23)24)7-9-29-18-4-5-20-19(11-18)21(12-25-20)26-15(2)28/h4-5,11-12,16-17,22,25H,3,6-10,13-14H2,1-2H3,(H,26,28)/t16-,17-/m1/s1. The number of hydrogen-bond donors (Lipinski definition) is 2. The summed E-state index contributed by atoms with van der Waals surface area (Å²) in [6.07, 6.45) is 3.64. The zero-order valence-corrected chi connectivity index (χ0v) is 17.2. The van der Waals surface area contributed by atoms with Crippen LogP contribution in [0.4, 0.5) is 14.5 Å². The number of hydrogen-bond acceptors (Lipinski definition) is 3. The van der Waals surface area contributed by atoms with Crippen LogP contribution in [-0.4, -0.2) is 48.5 Å². The molecule has 1 saturated heterocycles. The van der Waals surface area contributed by atoms with Crippen molar-refractivity contribution in [1.82, 2.24) is 9.88 Å². The fraction of sp³-hybridized carbons (Fsp3) is 0.591. The molecule has 2 N–H and O–H groups in total. The largest absolute Gasteiger partial charge is 0.494 e. The minimum atomic E-state index is -2.24. The third-order valence-corrected chi connectivity index (χ3v) is 5.77. The Morgan fingerprint density at radius 2 is 2.24 bits per heavy atom. The van der Waals surface area contributed by atoms with E-state index in [2.05, 4.69) is 17.2 Å². The predicted octanol–water partition coefficient (Wildman–Crippen LogP) is 4.90. The first-order valence-corrected chi connectivity index (χ1v) is 10.5. The maximum atomic E-state index is 12.6. The number of halogens is 2. The summed E-state index contributed by atoms with van der Waals surface area (Å²) in [5.74, 6) is 1.72. The summed E-state index contributed by atoms with van der Waals surface area (Å²) in [6, 6.07) is 5.82. The third kappa shape index (κ3) is 6.16. The number of anilines is 1. The second kappa shape index (κ2) is 10.1. The summed E-state index contributed by atoms with van der Waals surface area (Å²) in [6.45, 7) is 5.77. The van der Waals surface area contributed by atoms with Crippen LogP contribution in [0.3, 0.4) is 0 Å². The summed E-state index contributed by atoms with van der Waals surface area (Å²) >= 11 is 0. The summed E-state index contributed by atoms with van der Waals surface area (Å²) in [5.41, 5.74) is 1.70. The number of ether oxygens (including phenoxy) is 1. The summed E-state index contributed by atoms with van der Waals surface area (Å²) in [7, 11) is 0. The average Bonchev–Trinajstić information content (AvgIpc) is 3.27. The molecule has 1 aliphatic heterocycles. The summed E-state index contributed by atoms with van der Waals surface area (Å²) in [5, 5.41) is 3.74. The van der Waals surface area contributed by atoms with E-state index < -0.39 is 6.43 Å². The molecular formula is C22H31F2N3O2. The number of H-pyrrole nitrogens is 1. The van der Waals surface area contributed by atoms with E-state index in [0.717, 1.165) is 61.1 Å². The second-order valence-electron chi connectivity index (χ2n) is 8.04. The van der Waals surface area contributed by atoms with Gasteiger partial charge >= 0.3 is 0 Å². The number of amides is 1. The van der Waals surface area contributed by atoms with Crippen molar-refractivity contribution in [3.05, 3.63) is 24.4 Å². The lowest BCUT2D eigenvalue weighted by molar-refractivity contribution is -0.114. The molecule has 0 saturated carbocycles. The minimum absolute atomic E-state index is 0.0987. The van der Waals surface area contributed by atoms with E-state index in [0.29, 0.717) is 18.4 Å². The van der Waals surface area contributed by atoms with Crippen LogP contribution in [0.5, 0.6) is 5.75 Å². The highest BCUT2D eigenvalue weighted by Crippen LogP contribution is 2.29. The fourth-order valence-corrected chi connectivity index (χ4v) is 4.25. The number of alkyl halides is 2. The first-order chi connectivity index (χ1) is 13.9. The molecule has 7 heteroatoms. The van der Waals surface area contributed by atoms with Crippen molar-refractivity contribution < 1.29 is 18.3 Å². The zero-order chi connectivity index (χ0) is 20.8. The van der Waals surface area contributed by atoms with Crippen molar-refractivity contribution in [3.8, 4) is 5.75 Å². The molecule has 0 radical (unpaired) electrons. The molecule has 0 spiro atoms. The van der Waals surface area contributed by atoms with E-state index in [4.69, 9.17) is 4.74 Å². The van der Waals surface area contributed by atoms with E-state index in [-0.39, 0.29) is 12.5 Å². The van der Waals surface area contributed by atoms with Gasteiger partial charge < -0.3 is 15.0 Å². The third-order valence-electron chi connectivity index (χ3n) is 5.77. The van der Waals surface area contributed by atoms with Gasteiger partial charge in [0.05, 0.1) is 18.8 Å². The average molecular weight is 408 g/mol. The first kappa shape index (κ1) is 21.6. The Balaban J connectivity index is 1.48. The van der Waals surface area contributed by atoms with Crippen LogP contribution in [-0.2, 0) is 4.79 Å². The Bertz CT molecular complexity index is 808. The normalized spacial score (nSPS) is 18.4. The highest BCUT2D eigenvalue weighted by atomic mass is 19.3. The van der Waals surface area contributed by atoms with Gasteiger partial charge in [0.15, 0.2) is 0 Å². The van der Waals surface area contributed by atoms with Crippen LogP contribution < -0.4 is 10.1 Å². The molecule has 2 aromatic rings. The van der Waals surface area contributed by atoms with Crippen molar-refractivity contribution in [3.63, 3.8) is 0 Å². The maximum absolute atomic E-state index is 12.6. The number of nitrogens with zero attached hydrogens (tertiary/aromatic N) is 1. The Hall–Kier alpha value is -2.15. The number of benzene rings is 1. The molecule has 1 aromatic heterocycles. The van der Waals surface area contributed by atoms with E-state index in [1.165, 1.54) is 6.92 Å². The number of nitrogens with one attached hydrogen (secondary N) is 2. The number of aromatic amines is 1. The van der Waals surface area contributed by atoms with Gasteiger partial charge in [0.1, 0.15) is 5.75 Å². The molecule has 1 fully saturated rings. The number of fused-ring (bicyclic) bond motifs is 1. The van der Waals surface area contributed by atoms with Crippen molar-refractivity contribution in [2.45, 2.75) is 46.0 Å². The van der Waals surface area contributed by atoms with E-state index in [1.807, 2.05) is 23.1 Å². The fourth-order valence-electron chi connectivity index (χ4n) is 4.25. The number of aromatic nitrogens is 1. The Morgan fingerprint density at radius 1 is 1.41 bits per heavy atom. The van der Waals surface area contributed by atoms with Crippen LogP contribution >= 0.6 is 0 Å². The van der Waals surface area contributed by atoms with Crippen molar-refractivity contribution in [2.75, 3.05) is 31.6 Å². The summed E-state index contributed by atoms with van der Waals surface area (Å²) in [4.78, 5) is 16.4. The van der Waals surface area contributed by atoms with Gasteiger partial charge in [-0.3, -0.25) is 9.69 Å². The molecule has 5 nitrogen and oxygen atoms in total. The van der Waals surface area contributed by atoms with E-state index in [9.17, 15) is 13.6 Å². The van der Waals surface area contributed by atoms with Crippen molar-refractivity contribution in [2.24, 2.45) is 11.8 Å². The monoisotopic (exact) mass is 407 g/mol. The second-order valence-corrected chi connectivity index (χ2v) is 8.04. The van der Waals surface area contributed by atoms with Gasteiger partial charge in [-0.1, -0.05) is 13.3 Å². The molecule has 1 amide bonds. The number of likely N-dealkylation sites (tertiary alicyclic amines) is 1. The molecule has 3 rings (SSSR count). The molecule has 2 atom stereocenters. The smallest absolute Gasteiger partial charge is 0.251 e. The molecule has 0 aliphatic carbocycles. The highest BCUT2D eigenvalue weighted by molar-refractivity contribution is 6.01. The highest BCUT2D eigenvalue weighted by Gasteiger charge is 2.26. The number of carbonyl (C=O) groups is 1. The van der Waals surface area contributed by atoms with Crippen LogP contribution in [0.15, 0.2) is 24.4 Å². The van der Waals surface area contributed by atoms with Gasteiger partial charge in [-0.25, -0.2) is 8.78 Å².